The maximum absolute atomic E-state index is 13.0. The molecule has 3 aromatic rings. The largest absolute Gasteiger partial charge is 0.506 e. The van der Waals surface area contributed by atoms with E-state index in [1.165, 1.54) is 0 Å². The number of aromatic hydroxyl groups is 1. The highest BCUT2D eigenvalue weighted by atomic mass is 127. The minimum Gasteiger partial charge on any atom is -0.506 e. The number of hydrogen-bond acceptors (Lipinski definition) is 4. The molecule has 172 valence electrons. The first-order valence-corrected chi connectivity index (χ1v) is 14.7. The zero-order valence-electron chi connectivity index (χ0n) is 17.4. The molecule has 4 nitrogen and oxygen atoms in total. The SMILES string of the molecule is O=C(Cc1cc(I)c(Oc2cc(I)c(O)c(I)c2)c(I)c1)OC1(c2ccccc2)CCCC1. The summed E-state index contributed by atoms with van der Waals surface area (Å²) in [5.74, 6) is 1.46. The van der Waals surface area contributed by atoms with E-state index in [1.54, 1.807) is 12.1 Å². The van der Waals surface area contributed by atoms with Gasteiger partial charge >= 0.3 is 5.97 Å². The van der Waals surface area contributed by atoms with Crippen molar-refractivity contribution < 1.29 is 19.4 Å². The van der Waals surface area contributed by atoms with Gasteiger partial charge in [-0.3, -0.25) is 4.79 Å². The van der Waals surface area contributed by atoms with Gasteiger partial charge in [0.2, 0.25) is 0 Å². The van der Waals surface area contributed by atoms with Gasteiger partial charge in [0, 0.05) is 0 Å². The molecule has 1 aliphatic carbocycles. The van der Waals surface area contributed by atoms with Crippen LogP contribution in [0.1, 0.15) is 36.8 Å². The molecule has 1 saturated carbocycles. The van der Waals surface area contributed by atoms with Crippen molar-refractivity contribution >= 4 is 96.3 Å². The Morgan fingerprint density at radius 3 is 2.03 bits per heavy atom. The summed E-state index contributed by atoms with van der Waals surface area (Å²) in [5, 5.41) is 10.0. The van der Waals surface area contributed by atoms with E-state index in [2.05, 4.69) is 102 Å². The van der Waals surface area contributed by atoms with Gasteiger partial charge in [-0.1, -0.05) is 30.3 Å². The maximum Gasteiger partial charge on any atom is 0.311 e. The van der Waals surface area contributed by atoms with Crippen molar-refractivity contribution in [3.63, 3.8) is 0 Å². The lowest BCUT2D eigenvalue weighted by atomic mass is 9.92. The molecule has 1 N–H and O–H groups in total. The molecule has 33 heavy (non-hydrogen) atoms. The third-order valence-corrected chi connectivity index (χ3v) is 8.88. The predicted molar refractivity (Wildman–Crippen MR) is 162 cm³/mol. The van der Waals surface area contributed by atoms with Crippen LogP contribution in [0.4, 0.5) is 0 Å². The van der Waals surface area contributed by atoms with Crippen molar-refractivity contribution in [2.45, 2.75) is 37.7 Å². The summed E-state index contributed by atoms with van der Waals surface area (Å²) < 4.78 is 15.6. The van der Waals surface area contributed by atoms with E-state index in [4.69, 9.17) is 9.47 Å². The Bertz CT molecular complexity index is 1130. The highest BCUT2D eigenvalue weighted by Gasteiger charge is 2.39. The van der Waals surface area contributed by atoms with Crippen LogP contribution in [0.15, 0.2) is 54.6 Å². The van der Waals surface area contributed by atoms with Gasteiger partial charge in [-0.05, 0) is 151 Å². The van der Waals surface area contributed by atoms with Crippen LogP contribution >= 0.6 is 90.4 Å². The Kier molecular flexibility index (Phi) is 8.69. The van der Waals surface area contributed by atoms with Crippen LogP contribution in [0.5, 0.6) is 17.2 Å². The summed E-state index contributed by atoms with van der Waals surface area (Å²) in [6, 6.07) is 17.7. The van der Waals surface area contributed by atoms with Crippen molar-refractivity contribution in [2.75, 3.05) is 0 Å². The van der Waals surface area contributed by atoms with Gasteiger partial charge in [0.05, 0.1) is 20.7 Å². The Balaban J connectivity index is 1.51. The molecule has 0 atom stereocenters. The summed E-state index contributed by atoms with van der Waals surface area (Å²) in [6.07, 6.45) is 4.10. The van der Waals surface area contributed by atoms with Crippen LogP contribution in [-0.2, 0) is 21.6 Å². The number of ether oxygens (including phenoxy) is 2. The lowest BCUT2D eigenvalue weighted by molar-refractivity contribution is -0.159. The van der Waals surface area contributed by atoms with E-state index < -0.39 is 5.60 Å². The van der Waals surface area contributed by atoms with Gasteiger partial charge in [0.15, 0.2) is 5.75 Å². The van der Waals surface area contributed by atoms with E-state index in [9.17, 15) is 9.90 Å². The van der Waals surface area contributed by atoms with E-state index in [-0.39, 0.29) is 18.1 Å². The number of benzene rings is 3. The summed E-state index contributed by atoms with van der Waals surface area (Å²) in [5.41, 5.74) is 1.48. The zero-order chi connectivity index (χ0) is 23.6. The molecule has 0 aliphatic heterocycles. The molecule has 3 aromatic carbocycles. The highest BCUT2D eigenvalue weighted by molar-refractivity contribution is 14.1. The number of carbonyl (C=O) groups is 1. The highest BCUT2D eigenvalue weighted by Crippen LogP contribution is 2.42. The topological polar surface area (TPSA) is 55.8 Å². The molecule has 0 spiro atoms. The van der Waals surface area contributed by atoms with E-state index >= 15 is 0 Å². The molecular weight excluding hydrogens is 872 g/mol. The van der Waals surface area contributed by atoms with Crippen LogP contribution in [0.2, 0.25) is 0 Å². The number of halogens is 4. The fourth-order valence-electron chi connectivity index (χ4n) is 4.09. The Labute approximate surface area is 247 Å². The first kappa shape index (κ1) is 25.7. The van der Waals surface area contributed by atoms with Crippen molar-refractivity contribution in [1.82, 2.24) is 0 Å². The summed E-state index contributed by atoms with van der Waals surface area (Å²) >= 11 is 8.65. The molecule has 0 heterocycles. The van der Waals surface area contributed by atoms with E-state index in [0.717, 1.165) is 56.8 Å². The fourth-order valence-corrected chi connectivity index (χ4v) is 7.92. The van der Waals surface area contributed by atoms with Gasteiger partial charge in [-0.25, -0.2) is 0 Å². The summed E-state index contributed by atoms with van der Waals surface area (Å²) in [4.78, 5) is 13.0. The molecule has 1 fully saturated rings. The van der Waals surface area contributed by atoms with Gasteiger partial charge < -0.3 is 14.6 Å². The first-order valence-electron chi connectivity index (χ1n) is 10.4. The van der Waals surface area contributed by atoms with Crippen molar-refractivity contribution in [2.24, 2.45) is 0 Å². The Hall–Kier alpha value is -0.350. The molecule has 0 saturated heterocycles. The number of rotatable bonds is 6. The van der Waals surface area contributed by atoms with Crippen LogP contribution in [-0.4, -0.2) is 11.1 Å². The second-order valence-electron chi connectivity index (χ2n) is 7.94. The second kappa shape index (κ2) is 11.1. The molecule has 4 rings (SSSR count). The van der Waals surface area contributed by atoms with Crippen LogP contribution in [0.25, 0.3) is 0 Å². The average molecular weight is 892 g/mol. The van der Waals surface area contributed by atoms with Gasteiger partial charge in [0.1, 0.15) is 17.1 Å². The molecule has 8 heteroatoms. The molecule has 0 unspecified atom stereocenters. The van der Waals surface area contributed by atoms with Crippen LogP contribution in [0.3, 0.4) is 0 Å². The first-order chi connectivity index (χ1) is 15.8. The number of hydrogen-bond donors (Lipinski definition) is 1. The smallest absolute Gasteiger partial charge is 0.311 e. The lowest BCUT2D eigenvalue weighted by Gasteiger charge is -2.29. The van der Waals surface area contributed by atoms with Gasteiger partial charge in [-0.2, -0.15) is 0 Å². The predicted octanol–water partition coefficient (Wildman–Crippen LogP) is 8.16. The molecule has 0 bridgehead atoms. The minimum absolute atomic E-state index is 0.205. The second-order valence-corrected chi connectivity index (χ2v) is 12.6. The Morgan fingerprint density at radius 1 is 0.879 bits per heavy atom. The van der Waals surface area contributed by atoms with E-state index in [1.807, 2.05) is 30.3 Å². The fraction of sp³-hybridized carbons (Fsp3) is 0.240. The Morgan fingerprint density at radius 2 is 1.45 bits per heavy atom. The van der Waals surface area contributed by atoms with Crippen molar-refractivity contribution in [3.8, 4) is 17.2 Å². The summed E-state index contributed by atoms with van der Waals surface area (Å²) in [7, 11) is 0. The molecule has 0 aromatic heterocycles. The number of phenolic OH excluding ortho intramolecular Hbond substituents is 1. The molecule has 1 aliphatic rings. The monoisotopic (exact) mass is 892 g/mol. The third-order valence-electron chi connectivity index (χ3n) is 5.64. The minimum atomic E-state index is -0.505. The van der Waals surface area contributed by atoms with Gasteiger partial charge in [0.25, 0.3) is 0 Å². The third kappa shape index (κ3) is 6.08. The molecular formula is C25H20I4O4. The van der Waals surface area contributed by atoms with Crippen molar-refractivity contribution in [1.29, 1.82) is 0 Å². The van der Waals surface area contributed by atoms with E-state index in [0.29, 0.717) is 5.75 Å². The zero-order valence-corrected chi connectivity index (χ0v) is 26.0. The maximum atomic E-state index is 13.0. The number of phenols is 1. The molecule has 0 radical (unpaired) electrons. The molecule has 0 amide bonds. The van der Waals surface area contributed by atoms with Crippen LogP contribution in [0, 0.1) is 14.3 Å². The number of esters is 1. The average Bonchev–Trinajstić information content (AvgIpc) is 3.24. The van der Waals surface area contributed by atoms with Crippen molar-refractivity contribution in [3.05, 3.63) is 80.0 Å². The van der Waals surface area contributed by atoms with Gasteiger partial charge in [-0.15, -0.1) is 0 Å². The quantitative estimate of drug-likeness (QED) is 0.201. The normalized spacial score (nSPS) is 14.8. The summed E-state index contributed by atoms with van der Waals surface area (Å²) in [6.45, 7) is 0. The van der Waals surface area contributed by atoms with Crippen LogP contribution < -0.4 is 4.74 Å². The standard InChI is InChI=1S/C25H20I4O4/c26-18-13-17(14-19(27)23(18)31)32-24-20(28)10-15(11-21(24)29)12-22(30)33-25(8-4-5-9-25)16-6-2-1-3-7-16/h1-3,6-7,10-11,13-14,31H,4-5,8-9,12H2. The lowest BCUT2D eigenvalue weighted by Crippen LogP contribution is -2.30. The number of carbonyl (C=O) groups excluding carboxylic acids is 1.